The van der Waals surface area contributed by atoms with Crippen molar-refractivity contribution in [2.24, 2.45) is 5.92 Å². The molecule has 4 rings (SSSR count). The molecule has 0 aliphatic rings. The minimum Gasteiger partial charge on any atom is -0.392 e. The maximum Gasteiger partial charge on any atom is 0.275 e. The molecule has 0 saturated heterocycles. The van der Waals surface area contributed by atoms with Crippen molar-refractivity contribution in [2.45, 2.75) is 26.9 Å². The number of aliphatic hydroxyl groups is 1. The fourth-order valence-electron chi connectivity index (χ4n) is 3.45. The number of halogens is 1. The van der Waals surface area contributed by atoms with E-state index in [1.807, 2.05) is 22.8 Å². The largest absolute Gasteiger partial charge is 0.392 e. The molecule has 1 amide bonds. The molecule has 0 fully saturated rings. The number of thiazole rings is 1. The van der Waals surface area contributed by atoms with E-state index in [0.717, 1.165) is 22.9 Å². The van der Waals surface area contributed by atoms with Crippen LogP contribution in [0.4, 0.5) is 5.69 Å². The number of hydrogen-bond donors (Lipinski definition) is 2. The van der Waals surface area contributed by atoms with Gasteiger partial charge in [0.05, 0.1) is 12.1 Å². The standard InChI is InChI=1S/C23H22ClN3O2S/c1-14(2)8-16-11-27(21-10-17(24)6-7-19(16)21)23-26-20(13-30-23)22(29)25-18-5-3-4-15(9-18)12-28/h3-7,9-11,13-14,28H,8,12H2,1-2H3,(H,25,29). The topological polar surface area (TPSA) is 67.2 Å². The molecule has 0 saturated carbocycles. The lowest BCUT2D eigenvalue weighted by atomic mass is 10.0. The Bertz CT molecular complexity index is 1210. The highest BCUT2D eigenvalue weighted by Crippen LogP contribution is 2.30. The monoisotopic (exact) mass is 439 g/mol. The van der Waals surface area contributed by atoms with E-state index in [1.165, 1.54) is 16.9 Å². The Morgan fingerprint density at radius 1 is 1.27 bits per heavy atom. The van der Waals surface area contributed by atoms with E-state index in [-0.39, 0.29) is 12.5 Å². The summed E-state index contributed by atoms with van der Waals surface area (Å²) in [5, 5.41) is 16.4. The van der Waals surface area contributed by atoms with Gasteiger partial charge in [-0.15, -0.1) is 11.3 Å². The molecule has 0 aliphatic carbocycles. The molecular formula is C23H22ClN3O2S. The highest BCUT2D eigenvalue weighted by molar-refractivity contribution is 7.12. The first-order chi connectivity index (χ1) is 14.4. The minimum atomic E-state index is -0.288. The zero-order valence-electron chi connectivity index (χ0n) is 16.7. The van der Waals surface area contributed by atoms with Crippen LogP contribution in [0.5, 0.6) is 0 Å². The van der Waals surface area contributed by atoms with E-state index < -0.39 is 0 Å². The normalized spacial score (nSPS) is 11.4. The molecule has 0 atom stereocenters. The van der Waals surface area contributed by atoms with Crippen LogP contribution >= 0.6 is 22.9 Å². The first-order valence-corrected chi connectivity index (χ1v) is 11.0. The van der Waals surface area contributed by atoms with Crippen LogP contribution in [-0.4, -0.2) is 20.6 Å². The van der Waals surface area contributed by atoms with Gasteiger partial charge in [0.2, 0.25) is 0 Å². The minimum absolute atomic E-state index is 0.0769. The molecule has 0 spiro atoms. The Hall–Kier alpha value is -2.67. The van der Waals surface area contributed by atoms with E-state index in [0.29, 0.717) is 27.5 Å². The second-order valence-electron chi connectivity index (χ2n) is 7.61. The third-order valence-electron chi connectivity index (χ3n) is 4.78. The number of amides is 1. The van der Waals surface area contributed by atoms with E-state index in [9.17, 15) is 9.90 Å². The average Bonchev–Trinajstić information content (AvgIpc) is 3.33. The Labute approximate surface area is 184 Å². The Balaban J connectivity index is 1.65. The molecule has 0 unspecified atom stereocenters. The van der Waals surface area contributed by atoms with Crippen LogP contribution in [0.15, 0.2) is 54.0 Å². The van der Waals surface area contributed by atoms with Gasteiger partial charge in [0.1, 0.15) is 5.69 Å². The lowest BCUT2D eigenvalue weighted by Gasteiger charge is -2.05. The number of anilines is 1. The van der Waals surface area contributed by atoms with Crippen LogP contribution in [0.1, 0.15) is 35.5 Å². The summed E-state index contributed by atoms with van der Waals surface area (Å²) < 4.78 is 2.01. The Kier molecular flexibility index (Phi) is 5.90. The lowest BCUT2D eigenvalue weighted by Crippen LogP contribution is -2.12. The molecule has 0 radical (unpaired) electrons. The highest BCUT2D eigenvalue weighted by Gasteiger charge is 2.16. The highest BCUT2D eigenvalue weighted by atomic mass is 35.5. The van der Waals surface area contributed by atoms with Gasteiger partial charge in [0, 0.05) is 27.7 Å². The van der Waals surface area contributed by atoms with Gasteiger partial charge in [-0.05, 0) is 47.7 Å². The number of hydrogen-bond acceptors (Lipinski definition) is 4. The molecule has 7 heteroatoms. The number of carbonyl (C=O) groups is 1. The molecule has 2 N–H and O–H groups in total. The van der Waals surface area contributed by atoms with Crippen molar-refractivity contribution in [1.29, 1.82) is 0 Å². The molecule has 4 aromatic rings. The fraction of sp³-hybridized carbons (Fsp3) is 0.217. The molecule has 2 aromatic heterocycles. The summed E-state index contributed by atoms with van der Waals surface area (Å²) in [6, 6.07) is 13.0. The summed E-state index contributed by atoms with van der Waals surface area (Å²) >= 11 is 7.66. The molecule has 5 nitrogen and oxygen atoms in total. The third-order valence-corrected chi connectivity index (χ3v) is 5.85. The van der Waals surface area contributed by atoms with Crippen LogP contribution in [-0.2, 0) is 13.0 Å². The molecule has 0 bridgehead atoms. The van der Waals surface area contributed by atoms with Crippen molar-refractivity contribution in [3.63, 3.8) is 0 Å². The van der Waals surface area contributed by atoms with Gasteiger partial charge in [0.15, 0.2) is 5.13 Å². The fourth-order valence-corrected chi connectivity index (χ4v) is 4.41. The summed E-state index contributed by atoms with van der Waals surface area (Å²) in [6.07, 6.45) is 3.04. The number of aromatic nitrogens is 2. The SMILES string of the molecule is CC(C)Cc1cn(-c2nc(C(=O)Nc3cccc(CO)c3)cs2)c2cc(Cl)ccc12. The van der Waals surface area contributed by atoms with Gasteiger partial charge in [0.25, 0.3) is 5.91 Å². The number of carbonyl (C=O) groups excluding carboxylic acids is 1. The van der Waals surface area contributed by atoms with Gasteiger partial charge >= 0.3 is 0 Å². The maximum atomic E-state index is 12.7. The van der Waals surface area contributed by atoms with Crippen LogP contribution < -0.4 is 5.32 Å². The lowest BCUT2D eigenvalue weighted by molar-refractivity contribution is 0.102. The number of nitrogens with zero attached hydrogens (tertiary/aromatic N) is 2. The third kappa shape index (κ3) is 4.26. The van der Waals surface area contributed by atoms with Gasteiger partial charge in [-0.3, -0.25) is 9.36 Å². The van der Waals surface area contributed by atoms with E-state index in [2.05, 4.69) is 30.3 Å². The summed E-state index contributed by atoms with van der Waals surface area (Å²) in [4.78, 5) is 17.2. The maximum absolute atomic E-state index is 12.7. The van der Waals surface area contributed by atoms with Crippen LogP contribution in [0.3, 0.4) is 0 Å². The Morgan fingerprint density at radius 3 is 2.87 bits per heavy atom. The van der Waals surface area contributed by atoms with Gasteiger partial charge in [-0.1, -0.05) is 43.6 Å². The van der Waals surface area contributed by atoms with Gasteiger partial charge in [-0.2, -0.15) is 0 Å². The number of fused-ring (bicyclic) bond motifs is 1. The van der Waals surface area contributed by atoms with E-state index in [4.69, 9.17) is 11.6 Å². The zero-order valence-corrected chi connectivity index (χ0v) is 18.3. The van der Waals surface area contributed by atoms with Gasteiger partial charge in [-0.25, -0.2) is 4.98 Å². The smallest absolute Gasteiger partial charge is 0.275 e. The second-order valence-corrected chi connectivity index (χ2v) is 8.88. The van der Waals surface area contributed by atoms with Crippen molar-refractivity contribution in [3.05, 3.63) is 75.9 Å². The van der Waals surface area contributed by atoms with Crippen molar-refractivity contribution >= 4 is 45.4 Å². The summed E-state index contributed by atoms with van der Waals surface area (Å²) in [6.45, 7) is 4.31. The van der Waals surface area contributed by atoms with Crippen LogP contribution in [0.2, 0.25) is 5.02 Å². The molecule has 30 heavy (non-hydrogen) atoms. The summed E-state index contributed by atoms with van der Waals surface area (Å²) in [7, 11) is 0. The molecule has 2 aromatic carbocycles. The van der Waals surface area contributed by atoms with Crippen molar-refractivity contribution in [1.82, 2.24) is 9.55 Å². The number of rotatable bonds is 6. The molecular weight excluding hydrogens is 418 g/mol. The Morgan fingerprint density at radius 2 is 2.10 bits per heavy atom. The number of aliphatic hydroxyl groups excluding tert-OH is 1. The molecule has 2 heterocycles. The average molecular weight is 440 g/mol. The zero-order chi connectivity index (χ0) is 21.3. The number of nitrogens with one attached hydrogen (secondary N) is 1. The molecule has 0 aliphatic heterocycles. The predicted molar refractivity (Wildman–Crippen MR) is 123 cm³/mol. The summed E-state index contributed by atoms with van der Waals surface area (Å²) in [5.74, 6) is 0.233. The first-order valence-electron chi connectivity index (χ1n) is 9.71. The summed E-state index contributed by atoms with van der Waals surface area (Å²) in [5.41, 5.74) is 3.92. The van der Waals surface area contributed by atoms with Crippen LogP contribution in [0.25, 0.3) is 16.0 Å². The van der Waals surface area contributed by atoms with E-state index >= 15 is 0 Å². The quantitative estimate of drug-likeness (QED) is 0.406. The number of benzene rings is 2. The molecule has 154 valence electrons. The van der Waals surface area contributed by atoms with Crippen molar-refractivity contribution < 1.29 is 9.90 Å². The first kappa shape index (κ1) is 20.6. The van der Waals surface area contributed by atoms with Gasteiger partial charge < -0.3 is 10.4 Å². The second kappa shape index (κ2) is 8.60. The van der Waals surface area contributed by atoms with E-state index in [1.54, 1.807) is 29.6 Å². The van der Waals surface area contributed by atoms with Crippen molar-refractivity contribution in [3.8, 4) is 5.13 Å². The van der Waals surface area contributed by atoms with Crippen LogP contribution in [0, 0.1) is 5.92 Å². The van der Waals surface area contributed by atoms with Crippen molar-refractivity contribution in [2.75, 3.05) is 5.32 Å². The predicted octanol–water partition coefficient (Wildman–Crippen LogP) is 5.68.